The highest BCUT2D eigenvalue weighted by molar-refractivity contribution is 5.08. The van der Waals surface area contributed by atoms with E-state index in [0.29, 0.717) is 12.6 Å². The van der Waals surface area contributed by atoms with Crippen LogP contribution in [0.3, 0.4) is 0 Å². The quantitative estimate of drug-likeness (QED) is 0.883. The fraction of sp³-hybridized carbons (Fsp3) is 0.750. The Morgan fingerprint density at radius 2 is 2.06 bits per heavy atom. The second-order valence-electron chi connectivity index (χ2n) is 5.74. The predicted octanol–water partition coefficient (Wildman–Crippen LogP) is 2.68. The smallest absolute Gasteiger partial charge is 0.313 e. The molecule has 0 atom stereocenters. The maximum absolute atomic E-state index is 12.4. The van der Waals surface area contributed by atoms with Gasteiger partial charge in [-0.2, -0.15) is 18.3 Å². The zero-order chi connectivity index (χ0) is 13.4. The molecule has 1 aliphatic rings. The minimum absolute atomic E-state index is 0.114. The molecule has 102 valence electrons. The first-order valence-electron chi connectivity index (χ1n) is 6.09. The summed E-state index contributed by atoms with van der Waals surface area (Å²) in [5.74, 6) is 0. The Labute approximate surface area is 104 Å². The second-order valence-corrected chi connectivity index (χ2v) is 5.74. The summed E-state index contributed by atoms with van der Waals surface area (Å²) in [5.41, 5.74) is -0.800. The maximum Gasteiger partial charge on any atom is 0.419 e. The summed E-state index contributed by atoms with van der Waals surface area (Å²) in [6.45, 7) is 5.32. The minimum Gasteiger partial charge on any atom is -0.313 e. The molecule has 0 aliphatic heterocycles. The molecule has 2 rings (SSSR count). The average molecular weight is 261 g/mol. The lowest BCUT2D eigenvalue weighted by atomic mass is 9.93. The highest BCUT2D eigenvalue weighted by atomic mass is 19.4. The Bertz CT molecular complexity index is 405. The molecule has 0 aromatic carbocycles. The van der Waals surface area contributed by atoms with Crippen molar-refractivity contribution in [3.8, 4) is 0 Å². The molecule has 1 heterocycles. The van der Waals surface area contributed by atoms with Crippen molar-refractivity contribution in [2.75, 3.05) is 6.54 Å². The first-order valence-corrected chi connectivity index (χ1v) is 6.09. The van der Waals surface area contributed by atoms with E-state index in [4.69, 9.17) is 0 Å². The van der Waals surface area contributed by atoms with Crippen LogP contribution in [0.1, 0.15) is 32.3 Å². The number of nitrogens with one attached hydrogen (secondary N) is 1. The van der Waals surface area contributed by atoms with Gasteiger partial charge in [0.05, 0.1) is 11.8 Å². The molecular weight excluding hydrogens is 243 g/mol. The maximum atomic E-state index is 12.4. The van der Waals surface area contributed by atoms with Crippen LogP contribution in [0.5, 0.6) is 0 Å². The van der Waals surface area contributed by atoms with Crippen molar-refractivity contribution in [2.24, 2.45) is 5.41 Å². The molecule has 1 aromatic rings. The van der Waals surface area contributed by atoms with E-state index in [1.165, 1.54) is 17.5 Å². The summed E-state index contributed by atoms with van der Waals surface area (Å²) < 4.78 is 38.7. The van der Waals surface area contributed by atoms with Crippen LogP contribution in [0.4, 0.5) is 13.2 Å². The lowest BCUT2D eigenvalue weighted by molar-refractivity contribution is -0.137. The van der Waals surface area contributed by atoms with Gasteiger partial charge in [0.25, 0.3) is 0 Å². The van der Waals surface area contributed by atoms with Crippen LogP contribution in [-0.4, -0.2) is 22.4 Å². The minimum atomic E-state index is -4.31. The first kappa shape index (κ1) is 13.4. The molecule has 1 fully saturated rings. The Hall–Kier alpha value is -1.04. The van der Waals surface area contributed by atoms with Crippen LogP contribution in [0.15, 0.2) is 12.4 Å². The molecule has 3 nitrogen and oxygen atoms in total. The molecular formula is C12H18F3N3. The summed E-state index contributed by atoms with van der Waals surface area (Å²) in [6, 6.07) is 0.604. The van der Waals surface area contributed by atoms with E-state index < -0.39 is 11.7 Å². The third kappa shape index (κ3) is 3.73. The van der Waals surface area contributed by atoms with Crippen molar-refractivity contribution >= 4 is 0 Å². The van der Waals surface area contributed by atoms with Crippen molar-refractivity contribution in [3.05, 3.63) is 18.0 Å². The number of hydrogen-bond acceptors (Lipinski definition) is 2. The van der Waals surface area contributed by atoms with E-state index >= 15 is 0 Å². The second kappa shape index (κ2) is 4.57. The summed E-state index contributed by atoms with van der Waals surface area (Å²) in [7, 11) is 0. The number of nitrogens with zero attached hydrogens (tertiary/aromatic N) is 2. The van der Waals surface area contributed by atoms with E-state index in [2.05, 4.69) is 10.4 Å². The fourth-order valence-electron chi connectivity index (χ4n) is 1.80. The van der Waals surface area contributed by atoms with E-state index in [0.717, 1.165) is 18.9 Å². The number of aromatic nitrogens is 2. The standard InChI is InChI=1S/C12H18F3N3/c1-11(2,7-16-10-3-4-10)8-18-6-9(5-17-18)12(13,14)15/h5-6,10,16H,3-4,7-8H2,1-2H3. The van der Waals surface area contributed by atoms with Crippen molar-refractivity contribution < 1.29 is 13.2 Å². The van der Waals surface area contributed by atoms with Gasteiger partial charge in [-0.05, 0) is 18.3 Å². The molecule has 1 saturated carbocycles. The number of alkyl halides is 3. The zero-order valence-corrected chi connectivity index (χ0v) is 10.6. The summed E-state index contributed by atoms with van der Waals surface area (Å²) >= 11 is 0. The number of hydrogen-bond donors (Lipinski definition) is 1. The van der Waals surface area contributed by atoms with Crippen molar-refractivity contribution in [3.63, 3.8) is 0 Å². The third-order valence-electron chi connectivity index (χ3n) is 3.00. The molecule has 0 amide bonds. The SMILES string of the molecule is CC(C)(CNC1CC1)Cn1cc(C(F)(F)F)cn1. The van der Waals surface area contributed by atoms with Crippen LogP contribution >= 0.6 is 0 Å². The molecule has 0 saturated heterocycles. The average Bonchev–Trinajstić information content (AvgIpc) is 2.94. The van der Waals surface area contributed by atoms with Gasteiger partial charge in [0, 0.05) is 25.3 Å². The molecule has 1 aliphatic carbocycles. The van der Waals surface area contributed by atoms with Gasteiger partial charge in [0.1, 0.15) is 0 Å². The van der Waals surface area contributed by atoms with Gasteiger partial charge >= 0.3 is 6.18 Å². The third-order valence-corrected chi connectivity index (χ3v) is 3.00. The molecule has 18 heavy (non-hydrogen) atoms. The largest absolute Gasteiger partial charge is 0.419 e. The van der Waals surface area contributed by atoms with Gasteiger partial charge in [-0.25, -0.2) is 0 Å². The van der Waals surface area contributed by atoms with Gasteiger partial charge in [0.15, 0.2) is 0 Å². The monoisotopic (exact) mass is 261 g/mol. The summed E-state index contributed by atoms with van der Waals surface area (Å²) in [6.07, 6.45) is 0.0457. The Kier molecular flexibility index (Phi) is 3.40. The Morgan fingerprint density at radius 1 is 1.39 bits per heavy atom. The van der Waals surface area contributed by atoms with E-state index in [9.17, 15) is 13.2 Å². The van der Waals surface area contributed by atoms with E-state index in [1.807, 2.05) is 13.8 Å². The van der Waals surface area contributed by atoms with Gasteiger partial charge < -0.3 is 5.32 Å². The molecule has 0 spiro atoms. The van der Waals surface area contributed by atoms with Crippen molar-refractivity contribution in [2.45, 2.75) is 45.5 Å². The highest BCUT2D eigenvalue weighted by Crippen LogP contribution is 2.29. The predicted molar refractivity (Wildman–Crippen MR) is 62.0 cm³/mol. The van der Waals surface area contributed by atoms with Crippen LogP contribution < -0.4 is 5.32 Å². The summed E-state index contributed by atoms with van der Waals surface area (Å²) in [5, 5.41) is 7.17. The van der Waals surface area contributed by atoms with Gasteiger partial charge in [0.2, 0.25) is 0 Å². The lowest BCUT2D eigenvalue weighted by Crippen LogP contribution is -2.34. The number of rotatable bonds is 5. The van der Waals surface area contributed by atoms with Crippen LogP contribution in [0.25, 0.3) is 0 Å². The lowest BCUT2D eigenvalue weighted by Gasteiger charge is -2.25. The molecule has 0 unspecified atom stereocenters. The van der Waals surface area contributed by atoms with Crippen LogP contribution in [0, 0.1) is 5.41 Å². The molecule has 0 bridgehead atoms. The highest BCUT2D eigenvalue weighted by Gasteiger charge is 2.33. The van der Waals surface area contributed by atoms with E-state index in [1.54, 1.807) is 0 Å². The summed E-state index contributed by atoms with van der Waals surface area (Å²) in [4.78, 5) is 0. The first-order chi connectivity index (χ1) is 8.26. The fourth-order valence-corrected chi connectivity index (χ4v) is 1.80. The van der Waals surface area contributed by atoms with E-state index in [-0.39, 0.29) is 5.41 Å². The van der Waals surface area contributed by atoms with Gasteiger partial charge in [-0.1, -0.05) is 13.8 Å². The van der Waals surface area contributed by atoms with Crippen LogP contribution in [0.2, 0.25) is 0 Å². The Balaban J connectivity index is 1.92. The molecule has 1 aromatic heterocycles. The van der Waals surface area contributed by atoms with Crippen LogP contribution in [-0.2, 0) is 12.7 Å². The molecule has 1 N–H and O–H groups in total. The zero-order valence-electron chi connectivity index (χ0n) is 10.6. The normalized spacial score (nSPS) is 17.2. The van der Waals surface area contributed by atoms with Gasteiger partial charge in [-0.15, -0.1) is 0 Å². The topological polar surface area (TPSA) is 29.9 Å². The van der Waals surface area contributed by atoms with Gasteiger partial charge in [-0.3, -0.25) is 4.68 Å². The Morgan fingerprint density at radius 3 is 2.56 bits per heavy atom. The molecule has 6 heteroatoms. The van der Waals surface area contributed by atoms with Crippen molar-refractivity contribution in [1.29, 1.82) is 0 Å². The van der Waals surface area contributed by atoms with Crippen molar-refractivity contribution in [1.82, 2.24) is 15.1 Å². The molecule has 0 radical (unpaired) electrons. The number of halogens is 3.